The van der Waals surface area contributed by atoms with E-state index in [9.17, 15) is 4.79 Å². The number of benzene rings is 1. The van der Waals surface area contributed by atoms with Gasteiger partial charge < -0.3 is 20.0 Å². The van der Waals surface area contributed by atoms with Crippen molar-refractivity contribution in [3.05, 3.63) is 36.1 Å². The van der Waals surface area contributed by atoms with Gasteiger partial charge in [0.2, 0.25) is 5.91 Å². The topological polar surface area (TPSA) is 69.9 Å². The summed E-state index contributed by atoms with van der Waals surface area (Å²) in [6, 6.07) is 10.5. The van der Waals surface area contributed by atoms with E-state index < -0.39 is 0 Å². The summed E-state index contributed by atoms with van der Waals surface area (Å²) in [5.74, 6) is 2.10. The van der Waals surface area contributed by atoms with E-state index in [0.717, 1.165) is 61.6 Å². The first kappa shape index (κ1) is 19.3. The summed E-state index contributed by atoms with van der Waals surface area (Å²) in [5.41, 5.74) is 0.928. The van der Waals surface area contributed by atoms with Gasteiger partial charge in [0.05, 0.1) is 0 Å². The van der Waals surface area contributed by atoms with E-state index in [1.54, 1.807) is 7.05 Å². The summed E-state index contributed by atoms with van der Waals surface area (Å²) >= 11 is 0. The number of hydrogen-bond donors (Lipinski definition) is 2. The summed E-state index contributed by atoms with van der Waals surface area (Å²) in [6.07, 6.45) is 2.70. The van der Waals surface area contributed by atoms with Gasteiger partial charge in [0, 0.05) is 50.4 Å². The number of aliphatic imine (C=N–C) groups is 1. The molecule has 1 saturated heterocycles. The fraction of sp³-hybridized carbons (Fsp3) is 0.524. The van der Waals surface area contributed by atoms with Crippen LogP contribution in [0.2, 0.25) is 0 Å². The van der Waals surface area contributed by atoms with Gasteiger partial charge in [-0.1, -0.05) is 32.0 Å². The van der Waals surface area contributed by atoms with Crippen molar-refractivity contribution < 1.29 is 9.21 Å². The van der Waals surface area contributed by atoms with Gasteiger partial charge in [-0.05, 0) is 25.0 Å². The van der Waals surface area contributed by atoms with Crippen LogP contribution < -0.4 is 10.6 Å². The Labute approximate surface area is 161 Å². The van der Waals surface area contributed by atoms with Crippen molar-refractivity contribution >= 4 is 22.8 Å². The molecule has 1 amide bonds. The fourth-order valence-electron chi connectivity index (χ4n) is 3.46. The molecular formula is C21H30N4O2. The van der Waals surface area contributed by atoms with Gasteiger partial charge in [0.1, 0.15) is 11.3 Å². The van der Waals surface area contributed by atoms with E-state index >= 15 is 0 Å². The van der Waals surface area contributed by atoms with Crippen LogP contribution in [0.3, 0.4) is 0 Å². The SMILES string of the molecule is CN=C(NCCc1cc2ccccc2o1)NC1CCN(C(=O)C(C)C)CC1. The molecule has 27 heavy (non-hydrogen) atoms. The van der Waals surface area contributed by atoms with Crippen LogP contribution >= 0.6 is 0 Å². The molecule has 0 aliphatic carbocycles. The normalized spacial score (nSPS) is 16.1. The predicted octanol–water partition coefficient (Wildman–Crippen LogP) is 2.79. The number of carbonyl (C=O) groups excluding carboxylic acids is 1. The molecule has 2 aromatic rings. The van der Waals surface area contributed by atoms with Gasteiger partial charge >= 0.3 is 0 Å². The first-order valence-corrected chi connectivity index (χ1v) is 9.80. The molecule has 1 aliphatic heterocycles. The van der Waals surface area contributed by atoms with Crippen LogP contribution in [0.15, 0.2) is 39.7 Å². The van der Waals surface area contributed by atoms with E-state index in [2.05, 4.69) is 27.8 Å². The quantitative estimate of drug-likeness (QED) is 0.627. The molecule has 146 valence electrons. The molecule has 0 saturated carbocycles. The lowest BCUT2D eigenvalue weighted by Gasteiger charge is -2.34. The molecule has 1 aromatic carbocycles. The van der Waals surface area contributed by atoms with Gasteiger partial charge in [0.15, 0.2) is 5.96 Å². The van der Waals surface area contributed by atoms with E-state index in [4.69, 9.17) is 4.42 Å². The number of fused-ring (bicyclic) bond motifs is 1. The summed E-state index contributed by atoms with van der Waals surface area (Å²) in [6.45, 7) is 6.29. The molecule has 1 aliphatic rings. The monoisotopic (exact) mass is 370 g/mol. The molecule has 0 spiro atoms. The van der Waals surface area contributed by atoms with Gasteiger partial charge in [0.25, 0.3) is 0 Å². The maximum absolute atomic E-state index is 12.1. The average molecular weight is 370 g/mol. The maximum Gasteiger partial charge on any atom is 0.225 e. The van der Waals surface area contributed by atoms with Crippen molar-refractivity contribution in [2.24, 2.45) is 10.9 Å². The van der Waals surface area contributed by atoms with Crippen LogP contribution in [0.5, 0.6) is 0 Å². The number of nitrogens with zero attached hydrogens (tertiary/aromatic N) is 2. The van der Waals surface area contributed by atoms with Crippen LogP contribution in [0.25, 0.3) is 11.0 Å². The number of likely N-dealkylation sites (tertiary alicyclic amines) is 1. The summed E-state index contributed by atoms with van der Waals surface area (Å²) in [5, 5.41) is 7.97. The Morgan fingerprint density at radius 3 is 2.70 bits per heavy atom. The molecule has 0 atom stereocenters. The Morgan fingerprint density at radius 1 is 1.30 bits per heavy atom. The van der Waals surface area contributed by atoms with Crippen molar-refractivity contribution in [1.29, 1.82) is 0 Å². The number of rotatable bonds is 5. The van der Waals surface area contributed by atoms with Crippen molar-refractivity contribution in [2.45, 2.75) is 39.2 Å². The third-order valence-corrected chi connectivity index (χ3v) is 5.01. The van der Waals surface area contributed by atoms with Gasteiger partial charge in [-0.25, -0.2) is 0 Å². The van der Waals surface area contributed by atoms with Gasteiger partial charge in [-0.3, -0.25) is 9.79 Å². The van der Waals surface area contributed by atoms with Gasteiger partial charge in [-0.2, -0.15) is 0 Å². The highest BCUT2D eigenvalue weighted by Crippen LogP contribution is 2.18. The molecule has 0 unspecified atom stereocenters. The Balaban J connectivity index is 1.43. The second kappa shape index (κ2) is 8.93. The van der Waals surface area contributed by atoms with Crippen LogP contribution in [-0.2, 0) is 11.2 Å². The molecule has 0 radical (unpaired) electrons. The second-order valence-electron chi connectivity index (χ2n) is 7.40. The number of nitrogens with one attached hydrogen (secondary N) is 2. The van der Waals surface area contributed by atoms with Gasteiger partial charge in [-0.15, -0.1) is 0 Å². The highest BCUT2D eigenvalue weighted by Gasteiger charge is 2.24. The third kappa shape index (κ3) is 5.02. The smallest absolute Gasteiger partial charge is 0.225 e. The Morgan fingerprint density at radius 2 is 2.04 bits per heavy atom. The number of hydrogen-bond acceptors (Lipinski definition) is 3. The molecule has 3 rings (SSSR count). The molecule has 0 bridgehead atoms. The van der Waals surface area contributed by atoms with Crippen LogP contribution in [-0.4, -0.2) is 49.5 Å². The minimum absolute atomic E-state index is 0.0715. The highest BCUT2D eigenvalue weighted by atomic mass is 16.3. The van der Waals surface area contributed by atoms with Crippen LogP contribution in [0.1, 0.15) is 32.4 Å². The van der Waals surface area contributed by atoms with E-state index in [-0.39, 0.29) is 11.8 Å². The molecule has 2 N–H and O–H groups in total. The molecular weight excluding hydrogens is 340 g/mol. The lowest BCUT2D eigenvalue weighted by molar-refractivity contribution is -0.135. The van der Waals surface area contributed by atoms with Crippen molar-refractivity contribution in [3.63, 3.8) is 0 Å². The highest BCUT2D eigenvalue weighted by molar-refractivity contribution is 5.80. The average Bonchev–Trinajstić information content (AvgIpc) is 3.10. The van der Waals surface area contributed by atoms with Crippen LogP contribution in [0.4, 0.5) is 0 Å². The molecule has 2 heterocycles. The first-order chi connectivity index (χ1) is 13.1. The Kier molecular flexibility index (Phi) is 6.37. The first-order valence-electron chi connectivity index (χ1n) is 9.80. The minimum atomic E-state index is 0.0715. The van der Waals surface area contributed by atoms with Crippen LogP contribution in [0, 0.1) is 5.92 Å². The standard InChI is InChI=1S/C21H30N4O2/c1-15(2)20(26)25-12-9-17(10-13-25)24-21(22-3)23-11-8-18-14-16-6-4-5-7-19(16)27-18/h4-7,14-15,17H,8-13H2,1-3H3,(H2,22,23,24). The number of carbonyl (C=O) groups is 1. The molecule has 6 nitrogen and oxygen atoms in total. The van der Waals surface area contributed by atoms with E-state index in [1.807, 2.05) is 36.9 Å². The number of piperidine rings is 1. The zero-order valence-electron chi connectivity index (χ0n) is 16.5. The molecule has 1 aromatic heterocycles. The number of guanidine groups is 1. The summed E-state index contributed by atoms with van der Waals surface area (Å²) < 4.78 is 5.85. The van der Waals surface area contributed by atoms with Crippen molar-refractivity contribution in [2.75, 3.05) is 26.7 Å². The summed E-state index contributed by atoms with van der Waals surface area (Å²) in [4.78, 5) is 18.4. The molecule has 6 heteroatoms. The Bertz CT molecular complexity index is 755. The zero-order valence-corrected chi connectivity index (χ0v) is 16.5. The predicted molar refractivity (Wildman–Crippen MR) is 109 cm³/mol. The van der Waals surface area contributed by atoms with E-state index in [0.29, 0.717) is 6.04 Å². The lowest BCUT2D eigenvalue weighted by atomic mass is 10.0. The lowest BCUT2D eigenvalue weighted by Crippen LogP contribution is -2.50. The zero-order chi connectivity index (χ0) is 19.2. The Hall–Kier alpha value is -2.50. The number of para-hydroxylation sites is 1. The van der Waals surface area contributed by atoms with Crippen molar-refractivity contribution in [1.82, 2.24) is 15.5 Å². The third-order valence-electron chi connectivity index (χ3n) is 5.01. The number of amides is 1. The van der Waals surface area contributed by atoms with E-state index in [1.165, 1.54) is 0 Å². The largest absolute Gasteiger partial charge is 0.461 e. The molecule has 1 fully saturated rings. The fourth-order valence-corrected chi connectivity index (χ4v) is 3.46. The maximum atomic E-state index is 12.1. The number of furan rings is 1. The van der Waals surface area contributed by atoms with Crippen molar-refractivity contribution in [3.8, 4) is 0 Å². The second-order valence-corrected chi connectivity index (χ2v) is 7.40. The summed E-state index contributed by atoms with van der Waals surface area (Å²) in [7, 11) is 1.79. The minimum Gasteiger partial charge on any atom is -0.461 e.